The number of hydrogen-bond donors (Lipinski definition) is 1. The summed E-state index contributed by atoms with van der Waals surface area (Å²) < 4.78 is 45.7. The van der Waals surface area contributed by atoms with Gasteiger partial charge < -0.3 is 14.6 Å². The molecule has 1 amide bonds. The number of halogens is 3. The Balaban J connectivity index is 1.54. The third-order valence-corrected chi connectivity index (χ3v) is 5.11. The molecule has 158 valence electrons. The van der Waals surface area contributed by atoms with Crippen LogP contribution in [0.4, 0.5) is 18.9 Å². The lowest BCUT2D eigenvalue weighted by Gasteiger charge is -2.10. The Kier molecular flexibility index (Phi) is 6.66. The minimum Gasteiger partial charge on any atom is -0.486 e. The molecule has 1 N–H and O–H groups in total. The first-order valence-corrected chi connectivity index (χ1v) is 9.88. The van der Waals surface area contributed by atoms with Crippen molar-refractivity contribution in [2.45, 2.75) is 24.9 Å². The van der Waals surface area contributed by atoms with Gasteiger partial charge in [0.25, 0.3) is 0 Å². The number of carbonyl (C=O) groups excluding carboxylic acids is 1. The summed E-state index contributed by atoms with van der Waals surface area (Å²) in [5.41, 5.74) is 0.341. The molecule has 10 heteroatoms. The third kappa shape index (κ3) is 5.76. The van der Waals surface area contributed by atoms with Crippen LogP contribution in [0.25, 0.3) is 0 Å². The molecule has 0 unspecified atom stereocenters. The van der Waals surface area contributed by atoms with Crippen LogP contribution in [0.15, 0.2) is 53.7 Å². The molecular formula is C20H19F3N4O2S. The largest absolute Gasteiger partial charge is 0.486 e. The van der Waals surface area contributed by atoms with Gasteiger partial charge >= 0.3 is 6.18 Å². The van der Waals surface area contributed by atoms with E-state index in [9.17, 15) is 18.0 Å². The molecule has 0 radical (unpaired) electrons. The molecule has 0 aliphatic rings. The van der Waals surface area contributed by atoms with Crippen LogP contribution in [-0.2, 0) is 24.6 Å². The van der Waals surface area contributed by atoms with Crippen molar-refractivity contribution in [2.75, 3.05) is 11.1 Å². The standard InChI is InChI=1S/C20H19F3N4O2S/c1-13-5-3-8-16(9-13)29-11-17-25-26-19(27(17)2)30-12-18(28)24-15-7-4-6-14(10-15)20(21,22)23/h3-10H,11-12H2,1-2H3,(H,24,28). The van der Waals surface area contributed by atoms with Gasteiger partial charge in [-0.1, -0.05) is 30.0 Å². The minimum absolute atomic E-state index is 0.0268. The number of rotatable bonds is 7. The molecule has 3 rings (SSSR count). The van der Waals surface area contributed by atoms with Crippen LogP contribution in [0.2, 0.25) is 0 Å². The number of amides is 1. The van der Waals surface area contributed by atoms with Gasteiger partial charge in [-0.2, -0.15) is 13.2 Å². The van der Waals surface area contributed by atoms with Gasteiger partial charge in [0, 0.05) is 12.7 Å². The molecule has 3 aromatic rings. The molecule has 0 bridgehead atoms. The van der Waals surface area contributed by atoms with E-state index >= 15 is 0 Å². The predicted molar refractivity (Wildman–Crippen MR) is 107 cm³/mol. The first-order chi connectivity index (χ1) is 14.2. The van der Waals surface area contributed by atoms with Gasteiger partial charge in [-0.15, -0.1) is 10.2 Å². The number of alkyl halides is 3. The maximum absolute atomic E-state index is 12.8. The van der Waals surface area contributed by atoms with Gasteiger partial charge in [-0.25, -0.2) is 0 Å². The van der Waals surface area contributed by atoms with E-state index in [1.54, 1.807) is 11.6 Å². The molecule has 0 fully saturated rings. The maximum Gasteiger partial charge on any atom is 0.416 e. The first-order valence-electron chi connectivity index (χ1n) is 8.90. The first kappa shape index (κ1) is 21.7. The topological polar surface area (TPSA) is 69.0 Å². The summed E-state index contributed by atoms with van der Waals surface area (Å²) in [5, 5.41) is 11.1. The lowest BCUT2D eigenvalue weighted by molar-refractivity contribution is -0.137. The fourth-order valence-electron chi connectivity index (χ4n) is 2.55. The van der Waals surface area contributed by atoms with Crippen LogP contribution in [-0.4, -0.2) is 26.4 Å². The van der Waals surface area contributed by atoms with Gasteiger partial charge in [-0.05, 0) is 42.8 Å². The quantitative estimate of drug-likeness (QED) is 0.554. The molecule has 30 heavy (non-hydrogen) atoms. The maximum atomic E-state index is 12.8. The molecule has 6 nitrogen and oxygen atoms in total. The summed E-state index contributed by atoms with van der Waals surface area (Å²) in [5.74, 6) is 0.825. The number of thioether (sulfide) groups is 1. The minimum atomic E-state index is -4.47. The highest BCUT2D eigenvalue weighted by Crippen LogP contribution is 2.30. The molecule has 0 atom stereocenters. The van der Waals surface area contributed by atoms with E-state index < -0.39 is 17.6 Å². The fraction of sp³-hybridized carbons (Fsp3) is 0.250. The van der Waals surface area contributed by atoms with Gasteiger partial charge in [0.2, 0.25) is 5.91 Å². The summed E-state index contributed by atoms with van der Waals surface area (Å²) in [6.45, 7) is 2.18. The van der Waals surface area contributed by atoms with E-state index in [1.807, 2.05) is 31.2 Å². The Bertz CT molecular complexity index is 1040. The molecule has 0 spiro atoms. The zero-order chi connectivity index (χ0) is 21.7. The van der Waals surface area contributed by atoms with E-state index in [1.165, 1.54) is 12.1 Å². The summed E-state index contributed by atoms with van der Waals surface area (Å²) in [4.78, 5) is 12.1. The SMILES string of the molecule is Cc1cccc(OCc2nnc(SCC(=O)Nc3cccc(C(F)(F)F)c3)n2C)c1. The molecule has 0 saturated carbocycles. The Morgan fingerprint density at radius 2 is 1.93 bits per heavy atom. The molecule has 0 aliphatic carbocycles. The van der Waals surface area contributed by atoms with Crippen LogP contribution in [0.1, 0.15) is 17.0 Å². The Labute approximate surface area is 175 Å². The number of hydrogen-bond acceptors (Lipinski definition) is 5. The van der Waals surface area contributed by atoms with Gasteiger partial charge in [0.1, 0.15) is 12.4 Å². The van der Waals surface area contributed by atoms with E-state index in [0.717, 1.165) is 29.5 Å². The van der Waals surface area contributed by atoms with Crippen LogP contribution >= 0.6 is 11.8 Å². The Morgan fingerprint density at radius 1 is 1.17 bits per heavy atom. The lowest BCUT2D eigenvalue weighted by Crippen LogP contribution is -2.15. The van der Waals surface area contributed by atoms with Crippen molar-refractivity contribution in [3.05, 3.63) is 65.5 Å². The number of nitrogens with zero attached hydrogens (tertiary/aromatic N) is 3. The monoisotopic (exact) mass is 436 g/mol. The van der Waals surface area contributed by atoms with Crippen molar-refractivity contribution in [3.63, 3.8) is 0 Å². The number of anilines is 1. The molecule has 0 aliphatic heterocycles. The fourth-order valence-corrected chi connectivity index (χ4v) is 3.28. The van der Waals surface area contributed by atoms with Crippen LogP contribution in [0.5, 0.6) is 5.75 Å². The zero-order valence-corrected chi connectivity index (χ0v) is 17.0. The lowest BCUT2D eigenvalue weighted by atomic mass is 10.2. The average Bonchev–Trinajstić information content (AvgIpc) is 3.04. The van der Waals surface area contributed by atoms with Crippen molar-refractivity contribution in [3.8, 4) is 5.75 Å². The van der Waals surface area contributed by atoms with Crippen molar-refractivity contribution >= 4 is 23.4 Å². The second kappa shape index (κ2) is 9.21. The number of nitrogens with one attached hydrogen (secondary N) is 1. The van der Waals surface area contributed by atoms with Crippen molar-refractivity contribution in [1.82, 2.24) is 14.8 Å². The second-order valence-electron chi connectivity index (χ2n) is 6.48. The Morgan fingerprint density at radius 3 is 2.67 bits per heavy atom. The van der Waals surface area contributed by atoms with Gasteiger partial charge in [-0.3, -0.25) is 4.79 Å². The van der Waals surface area contributed by atoms with E-state index in [4.69, 9.17) is 4.74 Å². The molecule has 2 aromatic carbocycles. The molecule has 0 saturated heterocycles. The second-order valence-corrected chi connectivity index (χ2v) is 7.42. The number of ether oxygens (including phenoxy) is 1. The molecule has 1 aromatic heterocycles. The highest BCUT2D eigenvalue weighted by molar-refractivity contribution is 7.99. The number of benzene rings is 2. The van der Waals surface area contributed by atoms with Crippen LogP contribution in [0, 0.1) is 6.92 Å². The van der Waals surface area contributed by atoms with E-state index in [-0.39, 0.29) is 18.0 Å². The van der Waals surface area contributed by atoms with E-state index in [0.29, 0.717) is 16.7 Å². The summed E-state index contributed by atoms with van der Waals surface area (Å²) in [6.07, 6.45) is -4.47. The summed E-state index contributed by atoms with van der Waals surface area (Å²) in [7, 11) is 1.75. The van der Waals surface area contributed by atoms with Gasteiger partial charge in [0.15, 0.2) is 11.0 Å². The van der Waals surface area contributed by atoms with E-state index in [2.05, 4.69) is 15.5 Å². The number of carbonyl (C=O) groups is 1. The van der Waals surface area contributed by atoms with Crippen molar-refractivity contribution in [2.24, 2.45) is 7.05 Å². The predicted octanol–water partition coefficient (Wildman–Crippen LogP) is 4.45. The smallest absolute Gasteiger partial charge is 0.416 e. The van der Waals surface area contributed by atoms with Gasteiger partial charge in [0.05, 0.1) is 11.3 Å². The highest BCUT2D eigenvalue weighted by Gasteiger charge is 2.30. The highest BCUT2D eigenvalue weighted by atomic mass is 32.2. The number of aryl methyl sites for hydroxylation is 1. The number of aromatic nitrogens is 3. The summed E-state index contributed by atoms with van der Waals surface area (Å²) in [6, 6.07) is 12.1. The normalized spacial score (nSPS) is 11.4. The average molecular weight is 436 g/mol. The van der Waals surface area contributed by atoms with Crippen LogP contribution < -0.4 is 10.1 Å². The van der Waals surface area contributed by atoms with Crippen LogP contribution in [0.3, 0.4) is 0 Å². The summed E-state index contributed by atoms with van der Waals surface area (Å²) >= 11 is 1.13. The molecular weight excluding hydrogens is 417 g/mol. The van der Waals surface area contributed by atoms with Crippen molar-refractivity contribution in [1.29, 1.82) is 0 Å². The van der Waals surface area contributed by atoms with Crippen molar-refractivity contribution < 1.29 is 22.7 Å². The zero-order valence-electron chi connectivity index (χ0n) is 16.2. The Hall–Kier alpha value is -3.01. The molecule has 1 heterocycles. The third-order valence-electron chi connectivity index (χ3n) is 4.09.